The van der Waals surface area contributed by atoms with Crippen LogP contribution in [0.5, 0.6) is 0 Å². The summed E-state index contributed by atoms with van der Waals surface area (Å²) in [7, 11) is -1.69. The standard InChI is InChI=1S/C22H26N2O3S.C20H22N2O.C2H5ClO2S/c1-4-28(26,27)24-12-10-16(2)21(15-24)19-7-5-18(6-8-19)13-22(25)20-9-11-23-14-17(20)3;1-14-7-9-22-13-19(14)17-5-3-16(4-6-17)11-20(23)18-8-10-21-12-15(18)2;1-2-6(3,4)5/h5-9,11,14H,4,10,12-13,15H2,1-3H3;3-6,8,10,12,22H,7,9,11,13H2,1-2H3;2H2,1H3. The molecule has 4 aromatic rings. The molecule has 0 unspecified atom stereocenters. The fourth-order valence-corrected chi connectivity index (χ4v) is 7.57. The van der Waals surface area contributed by atoms with Crippen molar-refractivity contribution in [1.82, 2.24) is 19.6 Å². The first-order chi connectivity index (χ1) is 27.0. The molecule has 0 amide bonds. The SMILES string of the molecule is CC1=C(c2ccc(CC(=O)c3ccncc3C)cc2)CNCC1.CCS(=O)(=O)Cl.CCS(=O)(=O)N1CCC(C)=C(c2ccc(CC(=O)c3ccncc3C)cc2)C1. The number of sulfonamides is 1. The topological polar surface area (TPSA) is 143 Å². The molecule has 0 bridgehead atoms. The highest BCUT2D eigenvalue weighted by Gasteiger charge is 2.26. The largest absolute Gasteiger partial charge is 0.312 e. The molecule has 0 spiro atoms. The summed E-state index contributed by atoms with van der Waals surface area (Å²) in [5.41, 5.74) is 12.7. The Morgan fingerprint density at radius 2 is 1.14 bits per heavy atom. The molecule has 10 nitrogen and oxygen atoms in total. The first kappa shape index (κ1) is 45.4. The van der Waals surface area contributed by atoms with Crippen molar-refractivity contribution < 1.29 is 26.4 Å². The fourth-order valence-electron chi connectivity index (χ4n) is 6.51. The Balaban J connectivity index is 0.000000224. The lowest BCUT2D eigenvalue weighted by Crippen LogP contribution is -2.37. The molecule has 2 aliphatic heterocycles. The highest BCUT2D eigenvalue weighted by atomic mass is 35.7. The normalized spacial score (nSPS) is 14.9. The molecule has 1 N–H and O–H groups in total. The minimum absolute atomic E-state index is 0.00849. The third-order valence-electron chi connectivity index (χ3n) is 10.2. The zero-order chi connectivity index (χ0) is 41.8. The number of carbonyl (C=O) groups excluding carboxylic acids is 2. The third-order valence-corrected chi connectivity index (χ3v) is 13.3. The van der Waals surface area contributed by atoms with Gasteiger partial charge < -0.3 is 5.32 Å². The number of nitrogens with zero attached hydrogens (tertiary/aromatic N) is 3. The van der Waals surface area contributed by atoms with Gasteiger partial charge in [0, 0.05) is 79.1 Å². The Hall–Kier alpha value is -4.33. The zero-order valence-corrected chi connectivity index (χ0v) is 36.0. The average molecular weight is 834 g/mol. The van der Waals surface area contributed by atoms with Crippen LogP contribution in [0.1, 0.15) is 94.6 Å². The molecular formula is C44H53ClN4O6S2. The van der Waals surface area contributed by atoms with E-state index >= 15 is 0 Å². The number of pyridine rings is 2. The van der Waals surface area contributed by atoms with Gasteiger partial charge >= 0.3 is 0 Å². The monoisotopic (exact) mass is 832 g/mol. The van der Waals surface area contributed by atoms with Crippen LogP contribution in [0.25, 0.3) is 11.1 Å². The second-order valence-electron chi connectivity index (χ2n) is 14.2. The molecule has 0 saturated carbocycles. The molecule has 4 heterocycles. The number of aryl methyl sites for hydroxylation is 2. The predicted octanol–water partition coefficient (Wildman–Crippen LogP) is 7.80. The van der Waals surface area contributed by atoms with Crippen molar-refractivity contribution in [2.75, 3.05) is 37.7 Å². The number of hydrogen-bond acceptors (Lipinski definition) is 9. The summed E-state index contributed by atoms with van der Waals surface area (Å²) in [4.78, 5) is 33.0. The molecule has 0 fully saturated rings. The van der Waals surface area contributed by atoms with E-state index in [0.29, 0.717) is 31.5 Å². The van der Waals surface area contributed by atoms with E-state index in [1.807, 2.05) is 38.1 Å². The number of benzene rings is 2. The van der Waals surface area contributed by atoms with Crippen molar-refractivity contribution in [1.29, 1.82) is 0 Å². The number of carbonyl (C=O) groups is 2. The van der Waals surface area contributed by atoms with E-state index in [2.05, 4.69) is 64.1 Å². The van der Waals surface area contributed by atoms with Gasteiger partial charge in [0.1, 0.15) is 0 Å². The minimum Gasteiger partial charge on any atom is -0.312 e. The Kier molecular flexibility index (Phi) is 16.6. The molecule has 2 aromatic heterocycles. The van der Waals surface area contributed by atoms with Crippen LogP contribution in [0.2, 0.25) is 0 Å². The van der Waals surface area contributed by atoms with Crippen LogP contribution < -0.4 is 5.32 Å². The Morgan fingerprint density at radius 1 is 0.684 bits per heavy atom. The maximum atomic E-state index is 12.5. The van der Waals surface area contributed by atoms with Crippen LogP contribution in [0.4, 0.5) is 0 Å². The highest BCUT2D eigenvalue weighted by Crippen LogP contribution is 2.29. The van der Waals surface area contributed by atoms with E-state index < -0.39 is 19.1 Å². The molecule has 2 aliphatic rings. The smallest absolute Gasteiger partial charge is 0.232 e. The van der Waals surface area contributed by atoms with Gasteiger partial charge in [-0.25, -0.2) is 16.8 Å². The van der Waals surface area contributed by atoms with Gasteiger partial charge in [0.25, 0.3) is 0 Å². The first-order valence-electron chi connectivity index (χ1n) is 19.1. The van der Waals surface area contributed by atoms with Gasteiger partial charge in [-0.15, -0.1) is 0 Å². The maximum Gasteiger partial charge on any atom is 0.232 e. The molecule has 0 atom stereocenters. The molecule has 0 saturated heterocycles. The van der Waals surface area contributed by atoms with Crippen molar-refractivity contribution in [2.24, 2.45) is 0 Å². The van der Waals surface area contributed by atoms with Crippen LogP contribution in [-0.4, -0.2) is 80.4 Å². The summed E-state index contributed by atoms with van der Waals surface area (Å²) in [5, 5.41) is 3.42. The van der Waals surface area contributed by atoms with Gasteiger partial charge in [-0.3, -0.25) is 19.6 Å². The van der Waals surface area contributed by atoms with Crippen molar-refractivity contribution in [3.63, 3.8) is 0 Å². The number of aromatic nitrogens is 2. The van der Waals surface area contributed by atoms with Crippen molar-refractivity contribution in [2.45, 2.75) is 67.2 Å². The number of rotatable bonds is 11. The summed E-state index contributed by atoms with van der Waals surface area (Å²) in [6, 6.07) is 19.8. The first-order valence-corrected chi connectivity index (χ1v) is 23.2. The average Bonchev–Trinajstić information content (AvgIpc) is 3.19. The zero-order valence-electron chi connectivity index (χ0n) is 33.6. The number of hydrogen-bond donors (Lipinski definition) is 1. The Labute approximate surface area is 343 Å². The summed E-state index contributed by atoms with van der Waals surface area (Å²) in [5.74, 6) is 0.344. The summed E-state index contributed by atoms with van der Waals surface area (Å²) >= 11 is 0. The summed E-state index contributed by atoms with van der Waals surface area (Å²) in [6.07, 6.45) is 9.37. The van der Waals surface area contributed by atoms with E-state index in [-0.39, 0.29) is 23.1 Å². The van der Waals surface area contributed by atoms with Crippen LogP contribution in [0.15, 0.2) is 96.6 Å². The van der Waals surface area contributed by atoms with Gasteiger partial charge in [-0.2, -0.15) is 4.31 Å². The van der Waals surface area contributed by atoms with Crippen molar-refractivity contribution in [3.8, 4) is 0 Å². The quantitative estimate of drug-likeness (QED) is 0.118. The van der Waals surface area contributed by atoms with Crippen LogP contribution in [-0.2, 0) is 31.9 Å². The third kappa shape index (κ3) is 13.4. The fraction of sp³-hybridized carbons (Fsp3) is 0.364. The highest BCUT2D eigenvalue weighted by molar-refractivity contribution is 8.13. The van der Waals surface area contributed by atoms with Crippen LogP contribution >= 0.6 is 10.7 Å². The van der Waals surface area contributed by atoms with E-state index in [9.17, 15) is 26.4 Å². The number of ketones is 2. The molecule has 0 radical (unpaired) electrons. The molecule has 6 rings (SSSR count). The maximum absolute atomic E-state index is 12.5. The number of nitrogens with one attached hydrogen (secondary N) is 1. The Morgan fingerprint density at radius 3 is 1.56 bits per heavy atom. The van der Waals surface area contributed by atoms with Crippen molar-refractivity contribution in [3.05, 3.63) is 141 Å². The van der Waals surface area contributed by atoms with Gasteiger partial charge in [-0.1, -0.05) is 66.6 Å². The van der Waals surface area contributed by atoms with E-state index in [4.69, 9.17) is 0 Å². The molecule has 304 valence electrons. The van der Waals surface area contributed by atoms with Crippen molar-refractivity contribution >= 4 is 52.5 Å². The van der Waals surface area contributed by atoms with Gasteiger partial charge in [0.15, 0.2) is 11.6 Å². The number of Topliss-reactive ketones (excluding diaryl/α,β-unsaturated/α-hetero) is 2. The molecule has 2 aromatic carbocycles. The minimum atomic E-state index is -3.19. The molecule has 13 heteroatoms. The van der Waals surface area contributed by atoms with Gasteiger partial charge in [0.2, 0.25) is 19.1 Å². The molecule has 57 heavy (non-hydrogen) atoms. The lowest BCUT2D eigenvalue weighted by Gasteiger charge is -2.29. The van der Waals surface area contributed by atoms with Gasteiger partial charge in [-0.05, 0) is 111 Å². The summed E-state index contributed by atoms with van der Waals surface area (Å²) < 4.78 is 45.6. The second-order valence-corrected chi connectivity index (χ2v) is 19.6. The van der Waals surface area contributed by atoms with Crippen LogP contribution in [0, 0.1) is 13.8 Å². The van der Waals surface area contributed by atoms with E-state index in [1.54, 1.807) is 48.1 Å². The molecule has 0 aliphatic carbocycles. The lowest BCUT2D eigenvalue weighted by molar-refractivity contribution is 0.0984. The van der Waals surface area contributed by atoms with Gasteiger partial charge in [0.05, 0.1) is 11.5 Å². The second kappa shape index (κ2) is 20.9. The lowest BCUT2D eigenvalue weighted by atomic mass is 9.94. The number of halogens is 1. The van der Waals surface area contributed by atoms with E-state index in [0.717, 1.165) is 64.9 Å². The Bertz CT molecular complexity index is 2320. The van der Waals surface area contributed by atoms with E-state index in [1.165, 1.54) is 29.2 Å². The predicted molar refractivity (Wildman–Crippen MR) is 231 cm³/mol. The van der Waals surface area contributed by atoms with Crippen LogP contribution in [0.3, 0.4) is 0 Å². The summed E-state index contributed by atoms with van der Waals surface area (Å²) in [6.45, 7) is 14.2. The molecular weight excluding hydrogens is 780 g/mol.